The Balaban J connectivity index is 2.41. The summed E-state index contributed by atoms with van der Waals surface area (Å²) in [4.78, 5) is 23.4. The van der Waals surface area contributed by atoms with Crippen molar-refractivity contribution in [3.63, 3.8) is 0 Å². The highest BCUT2D eigenvalue weighted by Gasteiger charge is 2.21. The monoisotopic (exact) mass is 262 g/mol. The molecule has 1 aromatic carbocycles. The van der Waals surface area contributed by atoms with E-state index >= 15 is 0 Å². The maximum absolute atomic E-state index is 11.8. The highest BCUT2D eigenvalue weighted by Crippen LogP contribution is 2.02. The van der Waals surface area contributed by atoms with Gasteiger partial charge in [-0.1, -0.05) is 44.2 Å². The van der Waals surface area contributed by atoms with Crippen LogP contribution in [0.5, 0.6) is 0 Å². The maximum Gasteiger partial charge on any atom is 0.289 e. The molecule has 4 nitrogen and oxygen atoms in total. The zero-order valence-corrected chi connectivity index (χ0v) is 11.6. The van der Waals surface area contributed by atoms with Crippen molar-refractivity contribution in [1.82, 2.24) is 5.32 Å². The summed E-state index contributed by atoms with van der Waals surface area (Å²) in [5, 5.41) is 2.61. The Bertz CT molecular complexity index is 415. The first-order valence-electron chi connectivity index (χ1n) is 6.62. The van der Waals surface area contributed by atoms with Crippen LogP contribution < -0.4 is 11.1 Å². The van der Waals surface area contributed by atoms with Crippen LogP contribution in [0.4, 0.5) is 0 Å². The van der Waals surface area contributed by atoms with Crippen molar-refractivity contribution in [2.75, 3.05) is 6.54 Å². The molecular weight excluding hydrogens is 240 g/mol. The molecule has 104 valence electrons. The summed E-state index contributed by atoms with van der Waals surface area (Å²) in [6.45, 7) is 4.64. The van der Waals surface area contributed by atoms with E-state index in [1.807, 2.05) is 30.3 Å². The molecule has 4 heteroatoms. The van der Waals surface area contributed by atoms with E-state index in [1.54, 1.807) is 0 Å². The molecule has 1 aromatic rings. The number of carbonyl (C=O) groups is 2. The molecule has 0 aliphatic rings. The molecule has 0 spiro atoms. The van der Waals surface area contributed by atoms with Gasteiger partial charge < -0.3 is 11.1 Å². The van der Waals surface area contributed by atoms with Crippen LogP contribution in [0.3, 0.4) is 0 Å². The van der Waals surface area contributed by atoms with Gasteiger partial charge in [-0.2, -0.15) is 0 Å². The Morgan fingerprint density at radius 2 is 1.84 bits per heavy atom. The molecule has 19 heavy (non-hydrogen) atoms. The fourth-order valence-corrected chi connectivity index (χ4v) is 1.69. The largest absolute Gasteiger partial charge is 0.349 e. The van der Waals surface area contributed by atoms with Crippen LogP contribution in [0.2, 0.25) is 0 Å². The lowest BCUT2D eigenvalue weighted by Crippen LogP contribution is -2.44. The van der Waals surface area contributed by atoms with E-state index in [0.29, 0.717) is 18.9 Å². The van der Waals surface area contributed by atoms with Crippen molar-refractivity contribution in [2.24, 2.45) is 11.7 Å². The highest BCUT2D eigenvalue weighted by molar-refractivity contribution is 6.38. The quantitative estimate of drug-likeness (QED) is 0.727. The second-order valence-electron chi connectivity index (χ2n) is 5.10. The summed E-state index contributed by atoms with van der Waals surface area (Å²) >= 11 is 0. The number of benzene rings is 1. The number of nitrogens with one attached hydrogen (secondary N) is 1. The van der Waals surface area contributed by atoms with Gasteiger partial charge in [-0.15, -0.1) is 0 Å². The van der Waals surface area contributed by atoms with Gasteiger partial charge in [0.2, 0.25) is 5.78 Å². The number of carbonyl (C=O) groups excluding carboxylic acids is 2. The molecule has 0 radical (unpaired) electrons. The normalized spacial score (nSPS) is 12.2. The summed E-state index contributed by atoms with van der Waals surface area (Å²) in [5.74, 6) is -0.634. The minimum atomic E-state index is -0.776. The number of hydrogen-bond acceptors (Lipinski definition) is 3. The maximum atomic E-state index is 11.8. The van der Waals surface area contributed by atoms with Crippen LogP contribution in [-0.2, 0) is 16.0 Å². The third-order valence-corrected chi connectivity index (χ3v) is 2.87. The predicted molar refractivity (Wildman–Crippen MR) is 75.6 cm³/mol. The standard InChI is InChI=1S/C15H22N2O2/c1-11(2)8-9-17-15(19)14(18)13(16)10-12-6-4-3-5-7-12/h3-7,11,13H,8-10,16H2,1-2H3,(H,17,19)/t13-/m0/s1. The summed E-state index contributed by atoms with van der Waals surface area (Å²) in [5.41, 5.74) is 6.73. The number of amides is 1. The molecule has 3 N–H and O–H groups in total. The third kappa shape index (κ3) is 5.66. The van der Waals surface area contributed by atoms with Gasteiger partial charge in [0.15, 0.2) is 0 Å². The van der Waals surface area contributed by atoms with Gasteiger partial charge in [0.05, 0.1) is 6.04 Å². The number of rotatable bonds is 7. The molecule has 0 aromatic heterocycles. The summed E-state index contributed by atoms with van der Waals surface area (Å²) in [7, 11) is 0. The first-order valence-corrected chi connectivity index (χ1v) is 6.62. The zero-order chi connectivity index (χ0) is 14.3. The molecule has 0 fully saturated rings. The van der Waals surface area contributed by atoms with Crippen molar-refractivity contribution in [3.8, 4) is 0 Å². The number of nitrogens with two attached hydrogens (primary N) is 1. The summed E-state index contributed by atoms with van der Waals surface area (Å²) < 4.78 is 0. The van der Waals surface area contributed by atoms with Gasteiger partial charge in [0.1, 0.15) is 0 Å². The van der Waals surface area contributed by atoms with Crippen LogP contribution in [0, 0.1) is 5.92 Å². The molecule has 1 amide bonds. The lowest BCUT2D eigenvalue weighted by molar-refractivity contribution is -0.138. The smallest absolute Gasteiger partial charge is 0.289 e. The highest BCUT2D eigenvalue weighted by atomic mass is 16.2. The molecule has 0 saturated carbocycles. The Hall–Kier alpha value is -1.68. The fraction of sp³-hybridized carbons (Fsp3) is 0.467. The Labute approximate surface area is 114 Å². The van der Waals surface area contributed by atoms with Gasteiger partial charge in [-0.25, -0.2) is 0 Å². The van der Waals surface area contributed by atoms with Crippen molar-refractivity contribution >= 4 is 11.7 Å². The number of Topliss-reactive ketones (excluding diaryl/α,β-unsaturated/α-hetero) is 1. The Morgan fingerprint density at radius 1 is 1.21 bits per heavy atom. The van der Waals surface area contributed by atoms with Gasteiger partial charge >= 0.3 is 0 Å². The molecule has 1 atom stereocenters. The average molecular weight is 262 g/mol. The molecule has 0 saturated heterocycles. The van der Waals surface area contributed by atoms with Crippen LogP contribution in [0.15, 0.2) is 30.3 Å². The molecule has 0 heterocycles. The average Bonchev–Trinajstić information content (AvgIpc) is 2.38. The van der Waals surface area contributed by atoms with Gasteiger partial charge in [-0.05, 0) is 24.3 Å². The van der Waals surface area contributed by atoms with Gasteiger partial charge in [-0.3, -0.25) is 9.59 Å². The van der Waals surface area contributed by atoms with Gasteiger partial charge in [0.25, 0.3) is 5.91 Å². The van der Waals surface area contributed by atoms with E-state index in [4.69, 9.17) is 5.73 Å². The van der Waals surface area contributed by atoms with E-state index in [-0.39, 0.29) is 0 Å². The summed E-state index contributed by atoms with van der Waals surface area (Å²) in [6.07, 6.45) is 1.24. The Kier molecular flexibility index (Phi) is 6.22. The molecule has 1 rings (SSSR count). The van der Waals surface area contributed by atoms with E-state index in [0.717, 1.165) is 12.0 Å². The minimum absolute atomic E-state index is 0.386. The Morgan fingerprint density at radius 3 is 2.42 bits per heavy atom. The number of hydrogen-bond donors (Lipinski definition) is 2. The third-order valence-electron chi connectivity index (χ3n) is 2.87. The van der Waals surface area contributed by atoms with Crippen molar-refractivity contribution in [1.29, 1.82) is 0 Å². The van der Waals surface area contributed by atoms with E-state index < -0.39 is 17.7 Å². The van der Waals surface area contributed by atoms with Gasteiger partial charge in [0, 0.05) is 6.54 Å². The second kappa shape index (κ2) is 7.69. The first-order chi connectivity index (χ1) is 9.00. The first kappa shape index (κ1) is 15.4. The van der Waals surface area contributed by atoms with Crippen LogP contribution in [-0.4, -0.2) is 24.3 Å². The molecule has 0 aliphatic heterocycles. The fourth-order valence-electron chi connectivity index (χ4n) is 1.69. The van der Waals surface area contributed by atoms with Crippen molar-refractivity contribution in [2.45, 2.75) is 32.7 Å². The van der Waals surface area contributed by atoms with Crippen LogP contribution in [0.1, 0.15) is 25.8 Å². The van der Waals surface area contributed by atoms with Crippen LogP contribution in [0.25, 0.3) is 0 Å². The van der Waals surface area contributed by atoms with E-state index in [9.17, 15) is 9.59 Å². The minimum Gasteiger partial charge on any atom is -0.349 e. The topological polar surface area (TPSA) is 72.2 Å². The molecule has 0 aliphatic carbocycles. The van der Waals surface area contributed by atoms with Crippen molar-refractivity contribution in [3.05, 3.63) is 35.9 Å². The SMILES string of the molecule is CC(C)CCNC(=O)C(=O)[C@@H](N)Cc1ccccc1. The zero-order valence-electron chi connectivity index (χ0n) is 11.6. The predicted octanol–water partition coefficient (Wildman–Crippen LogP) is 1.29. The van der Waals surface area contributed by atoms with E-state index in [1.165, 1.54) is 0 Å². The van der Waals surface area contributed by atoms with Crippen LogP contribution >= 0.6 is 0 Å². The molecule has 0 bridgehead atoms. The lowest BCUT2D eigenvalue weighted by Gasteiger charge is -2.11. The van der Waals surface area contributed by atoms with Crippen molar-refractivity contribution < 1.29 is 9.59 Å². The summed E-state index contributed by atoms with van der Waals surface area (Å²) in [6, 6.07) is 8.68. The second-order valence-corrected chi connectivity index (χ2v) is 5.10. The molecular formula is C15H22N2O2. The number of ketones is 1. The molecule has 0 unspecified atom stereocenters. The van der Waals surface area contributed by atoms with E-state index in [2.05, 4.69) is 19.2 Å². The lowest BCUT2D eigenvalue weighted by atomic mass is 10.0.